The number of hydrogen-bond acceptors (Lipinski definition) is 8. The number of ether oxygens (including phenoxy) is 1. The quantitative estimate of drug-likeness (QED) is 0.164. The van der Waals surface area contributed by atoms with Crippen LogP contribution in [0.2, 0.25) is 0 Å². The fourth-order valence-electron chi connectivity index (χ4n) is 7.31. The Kier molecular flexibility index (Phi) is 19.5. The third-order valence-electron chi connectivity index (χ3n) is 10.2. The molecule has 0 aliphatic carbocycles. The fraction of sp³-hybridized carbons (Fsp3) is 0.744. The maximum atomic E-state index is 14.2. The Labute approximate surface area is 312 Å². The largest absolute Gasteiger partial charge is 0.396 e. The monoisotopic (exact) mass is 733 g/mol. The molecule has 1 fully saturated rings. The van der Waals surface area contributed by atoms with Crippen LogP contribution in [0.4, 0.5) is 0 Å². The van der Waals surface area contributed by atoms with Gasteiger partial charge in [-0.05, 0) is 63.1 Å². The zero-order valence-corrected chi connectivity index (χ0v) is 33.7. The van der Waals surface area contributed by atoms with Gasteiger partial charge >= 0.3 is 0 Å². The number of likely N-dealkylation sites (tertiary alicyclic amines) is 1. The van der Waals surface area contributed by atoms with E-state index in [2.05, 4.69) is 24.5 Å². The van der Waals surface area contributed by atoms with E-state index in [1.54, 1.807) is 19.1 Å². The van der Waals surface area contributed by atoms with Crippen LogP contribution >= 0.6 is 11.8 Å². The molecule has 0 saturated carbocycles. The first-order chi connectivity index (χ1) is 24.2. The summed E-state index contributed by atoms with van der Waals surface area (Å²) >= 11 is 1.43. The Morgan fingerprint density at radius 1 is 1.02 bits per heavy atom. The lowest BCUT2D eigenvalue weighted by Gasteiger charge is -2.40. The lowest BCUT2D eigenvalue weighted by molar-refractivity contribution is -0.146. The van der Waals surface area contributed by atoms with E-state index in [0.717, 1.165) is 31.2 Å². The van der Waals surface area contributed by atoms with Gasteiger partial charge in [-0.2, -0.15) is 0 Å². The summed E-state index contributed by atoms with van der Waals surface area (Å²) in [6.45, 7) is 13.0. The molecule has 7 unspecified atom stereocenters. The summed E-state index contributed by atoms with van der Waals surface area (Å²) in [6, 6.07) is 8.36. The molecule has 1 aromatic carbocycles. The van der Waals surface area contributed by atoms with Crippen molar-refractivity contribution in [2.75, 3.05) is 53.7 Å². The molecule has 290 valence electrons. The highest BCUT2D eigenvalue weighted by Crippen LogP contribution is 2.29. The van der Waals surface area contributed by atoms with Crippen molar-refractivity contribution < 1.29 is 29.0 Å². The molecule has 1 heterocycles. The molecule has 0 bridgehead atoms. The standard InChI is InChI=1S/C39H67N5O6S/c1-11-28(6)36(43(9)39(49)34(26(2)3)41-38(48)35(27(4)5)42(7)8)31(50-10)25-33(46)44-21-15-18-30(44)24-32(51-23-22-45)37(47)40-20-19-29-16-13-12-14-17-29/h12-14,16-17,26-28,30-32,34-36,45H,11,15,18-25H2,1-10H3,(H,40,47)(H,41,48). The number of nitrogens with zero attached hydrogens (tertiary/aromatic N) is 3. The number of aliphatic hydroxyl groups is 1. The first-order valence-corrected chi connectivity index (χ1v) is 19.8. The highest BCUT2D eigenvalue weighted by molar-refractivity contribution is 8.00. The molecule has 2 rings (SSSR count). The van der Waals surface area contributed by atoms with Gasteiger partial charge in [-0.25, -0.2) is 0 Å². The van der Waals surface area contributed by atoms with Gasteiger partial charge < -0.3 is 30.3 Å². The SMILES string of the molecule is CCC(C)C(C(CC(=O)N1CCCC1CC(SCCO)C(=O)NCCc1ccccc1)OC)N(C)C(=O)C(NC(=O)C(C(C)C)N(C)C)C(C)C. The van der Waals surface area contributed by atoms with Crippen LogP contribution in [0.25, 0.3) is 0 Å². The summed E-state index contributed by atoms with van der Waals surface area (Å²) in [4.78, 5) is 60.4. The molecule has 4 amide bonds. The van der Waals surface area contributed by atoms with Crippen molar-refractivity contribution in [3.05, 3.63) is 35.9 Å². The van der Waals surface area contributed by atoms with Crippen LogP contribution in [0.1, 0.15) is 79.2 Å². The number of rotatable bonds is 22. The molecule has 51 heavy (non-hydrogen) atoms. The molecule has 0 spiro atoms. The summed E-state index contributed by atoms with van der Waals surface area (Å²) in [5.74, 6) is -0.180. The second-order valence-electron chi connectivity index (χ2n) is 14.9. The summed E-state index contributed by atoms with van der Waals surface area (Å²) < 4.78 is 6.02. The van der Waals surface area contributed by atoms with Crippen molar-refractivity contribution in [3.8, 4) is 0 Å². The second kappa shape index (κ2) is 22.4. The topological polar surface area (TPSA) is 132 Å². The van der Waals surface area contributed by atoms with E-state index in [0.29, 0.717) is 25.3 Å². The van der Waals surface area contributed by atoms with E-state index >= 15 is 0 Å². The lowest BCUT2D eigenvalue weighted by Crippen LogP contribution is -2.59. The number of nitrogens with one attached hydrogen (secondary N) is 2. The van der Waals surface area contributed by atoms with Gasteiger partial charge in [0.15, 0.2) is 0 Å². The van der Waals surface area contributed by atoms with Gasteiger partial charge in [0.25, 0.3) is 0 Å². The molecule has 0 aromatic heterocycles. The maximum Gasteiger partial charge on any atom is 0.245 e. The highest BCUT2D eigenvalue weighted by atomic mass is 32.2. The van der Waals surface area contributed by atoms with Gasteiger partial charge in [0, 0.05) is 39.0 Å². The molecule has 1 saturated heterocycles. The number of carbonyl (C=O) groups excluding carboxylic acids is 4. The minimum atomic E-state index is -0.737. The molecule has 12 heteroatoms. The van der Waals surface area contributed by atoms with Crippen LogP contribution in [-0.2, 0) is 30.3 Å². The molecule has 3 N–H and O–H groups in total. The average Bonchev–Trinajstić information content (AvgIpc) is 3.56. The second-order valence-corrected chi connectivity index (χ2v) is 16.2. The summed E-state index contributed by atoms with van der Waals surface area (Å²) in [5, 5.41) is 15.3. The normalized spacial score (nSPS) is 18.3. The molecule has 7 atom stereocenters. The first-order valence-electron chi connectivity index (χ1n) is 18.8. The predicted molar refractivity (Wildman–Crippen MR) is 206 cm³/mol. The van der Waals surface area contributed by atoms with E-state index in [1.807, 2.05) is 81.9 Å². The van der Waals surface area contributed by atoms with Crippen LogP contribution in [0.3, 0.4) is 0 Å². The third kappa shape index (κ3) is 13.4. The summed E-state index contributed by atoms with van der Waals surface area (Å²) in [5.41, 5.74) is 1.15. The van der Waals surface area contributed by atoms with Crippen LogP contribution in [0.15, 0.2) is 30.3 Å². The minimum Gasteiger partial charge on any atom is -0.396 e. The summed E-state index contributed by atoms with van der Waals surface area (Å²) in [7, 11) is 7.06. The van der Waals surface area contributed by atoms with Gasteiger partial charge in [0.2, 0.25) is 23.6 Å². The molecular weight excluding hydrogens is 667 g/mol. The van der Waals surface area contributed by atoms with Crippen molar-refractivity contribution in [2.24, 2.45) is 17.8 Å². The van der Waals surface area contributed by atoms with Gasteiger partial charge in [-0.1, -0.05) is 78.3 Å². The zero-order valence-electron chi connectivity index (χ0n) is 32.9. The van der Waals surface area contributed by atoms with E-state index < -0.39 is 23.4 Å². The molecule has 1 aliphatic heterocycles. The van der Waals surface area contributed by atoms with E-state index in [4.69, 9.17) is 4.74 Å². The van der Waals surface area contributed by atoms with Crippen molar-refractivity contribution in [3.63, 3.8) is 0 Å². The molecule has 11 nitrogen and oxygen atoms in total. The Bertz CT molecular complexity index is 1210. The smallest absolute Gasteiger partial charge is 0.245 e. The number of thioether (sulfide) groups is 1. The fourth-order valence-corrected chi connectivity index (χ4v) is 8.30. The van der Waals surface area contributed by atoms with Gasteiger partial charge in [-0.3, -0.25) is 24.1 Å². The van der Waals surface area contributed by atoms with Gasteiger partial charge in [0.1, 0.15) is 6.04 Å². The number of amides is 4. The Hall–Kier alpha value is -2.67. The van der Waals surface area contributed by atoms with Gasteiger partial charge in [0.05, 0.1) is 36.5 Å². The lowest BCUT2D eigenvalue weighted by atomic mass is 9.89. The molecule has 1 aromatic rings. The van der Waals surface area contributed by atoms with Crippen molar-refractivity contribution in [1.29, 1.82) is 0 Å². The number of benzene rings is 1. The first kappa shape index (κ1) is 44.5. The third-order valence-corrected chi connectivity index (χ3v) is 11.4. The Morgan fingerprint density at radius 2 is 1.69 bits per heavy atom. The molecule has 0 radical (unpaired) electrons. The number of hydrogen-bond donors (Lipinski definition) is 3. The van der Waals surface area contributed by atoms with Crippen LogP contribution < -0.4 is 10.6 Å². The van der Waals surface area contributed by atoms with Crippen molar-refractivity contribution in [1.82, 2.24) is 25.3 Å². The number of methoxy groups -OCH3 is 1. The number of aliphatic hydroxyl groups excluding tert-OH is 1. The van der Waals surface area contributed by atoms with E-state index in [9.17, 15) is 24.3 Å². The minimum absolute atomic E-state index is 0.0126. The van der Waals surface area contributed by atoms with Crippen molar-refractivity contribution in [2.45, 2.75) is 116 Å². The number of carbonyl (C=O) groups is 4. The van der Waals surface area contributed by atoms with Crippen LogP contribution in [0.5, 0.6) is 0 Å². The van der Waals surface area contributed by atoms with Crippen molar-refractivity contribution >= 4 is 35.4 Å². The van der Waals surface area contributed by atoms with Gasteiger partial charge in [-0.15, -0.1) is 11.8 Å². The molecule has 1 aliphatic rings. The van der Waals surface area contributed by atoms with Crippen LogP contribution in [-0.4, -0.2) is 133 Å². The summed E-state index contributed by atoms with van der Waals surface area (Å²) in [6.07, 6.45) is 3.14. The van der Waals surface area contributed by atoms with Crippen LogP contribution in [0, 0.1) is 17.8 Å². The predicted octanol–water partition coefficient (Wildman–Crippen LogP) is 3.83. The zero-order chi connectivity index (χ0) is 38.2. The maximum absolute atomic E-state index is 14.2. The van der Waals surface area contributed by atoms with E-state index in [-0.39, 0.29) is 66.5 Å². The Morgan fingerprint density at radius 3 is 2.24 bits per heavy atom. The number of likely N-dealkylation sites (N-methyl/N-ethyl adjacent to an activating group) is 2. The van der Waals surface area contributed by atoms with E-state index in [1.165, 1.54) is 11.8 Å². The Balaban J connectivity index is 2.20. The molecular formula is C39H67N5O6S. The average molecular weight is 734 g/mol. The highest BCUT2D eigenvalue weighted by Gasteiger charge is 2.40.